The van der Waals surface area contributed by atoms with E-state index in [2.05, 4.69) is 30.7 Å². The van der Waals surface area contributed by atoms with Crippen LogP contribution < -0.4 is 4.74 Å². The first-order valence-corrected chi connectivity index (χ1v) is 14.8. The fourth-order valence-electron chi connectivity index (χ4n) is 7.65. The Labute approximate surface area is 240 Å². The molecule has 0 bridgehead atoms. The van der Waals surface area contributed by atoms with Crippen LogP contribution in [0.15, 0.2) is 18.2 Å². The van der Waals surface area contributed by atoms with Gasteiger partial charge in [0.1, 0.15) is 5.75 Å². The van der Waals surface area contributed by atoms with Crippen molar-refractivity contribution in [3.63, 3.8) is 0 Å². The molecule has 2 fully saturated rings. The Hall–Kier alpha value is -1.69. The Morgan fingerprint density at radius 2 is 1.50 bits per heavy atom. The summed E-state index contributed by atoms with van der Waals surface area (Å²) in [4.78, 5) is 0. The van der Waals surface area contributed by atoms with Gasteiger partial charge in [-0.1, -0.05) is 32.8 Å². The predicted molar refractivity (Wildman–Crippen MR) is 137 cm³/mol. The van der Waals surface area contributed by atoms with Gasteiger partial charge in [-0.15, -0.1) is 0 Å². The summed E-state index contributed by atoms with van der Waals surface area (Å²) in [5, 5.41) is 0. The number of halogens is 9. The van der Waals surface area contributed by atoms with Crippen LogP contribution >= 0.6 is 0 Å². The summed E-state index contributed by atoms with van der Waals surface area (Å²) in [5.41, 5.74) is -3.81. The first-order valence-electron chi connectivity index (χ1n) is 14.8. The minimum atomic E-state index is -6.73. The molecular formula is C30H39F9O3. The van der Waals surface area contributed by atoms with E-state index >= 15 is 0 Å². The summed E-state index contributed by atoms with van der Waals surface area (Å²) < 4.78 is 133. The summed E-state index contributed by atoms with van der Waals surface area (Å²) in [6, 6.07) is 6.36. The zero-order valence-corrected chi connectivity index (χ0v) is 23.9. The molecule has 2 saturated carbocycles. The molecule has 240 valence electrons. The number of ether oxygens (including phenoxy) is 3. The molecule has 4 rings (SSSR count). The Balaban J connectivity index is 1.34. The number of alkyl halides is 9. The van der Waals surface area contributed by atoms with Crippen LogP contribution in [0.25, 0.3) is 0 Å². The highest BCUT2D eigenvalue weighted by Gasteiger charge is 2.85. The van der Waals surface area contributed by atoms with Crippen LogP contribution in [0.2, 0.25) is 0 Å². The van der Waals surface area contributed by atoms with Gasteiger partial charge in [0, 0.05) is 6.61 Å². The number of fused-ring (bicyclic) bond motifs is 5. The second-order valence-corrected chi connectivity index (χ2v) is 12.2. The van der Waals surface area contributed by atoms with Gasteiger partial charge in [0.2, 0.25) is 0 Å². The van der Waals surface area contributed by atoms with E-state index in [1.807, 2.05) is 6.07 Å². The number of unbranched alkanes of at least 4 members (excludes halogenated alkanes) is 2. The van der Waals surface area contributed by atoms with Crippen molar-refractivity contribution in [2.75, 3.05) is 19.8 Å². The van der Waals surface area contributed by atoms with E-state index in [0.29, 0.717) is 30.8 Å². The zero-order valence-electron chi connectivity index (χ0n) is 23.9. The maximum atomic E-state index is 13.1. The van der Waals surface area contributed by atoms with E-state index in [0.717, 1.165) is 57.1 Å². The molecule has 0 unspecified atom stereocenters. The van der Waals surface area contributed by atoms with Crippen molar-refractivity contribution in [3.05, 3.63) is 29.3 Å². The molecule has 5 atom stereocenters. The average Bonchev–Trinajstić information content (AvgIpc) is 3.22. The summed E-state index contributed by atoms with van der Waals surface area (Å²) in [5.74, 6) is 2.05. The summed E-state index contributed by atoms with van der Waals surface area (Å²) in [7, 11) is 0. The van der Waals surface area contributed by atoms with Gasteiger partial charge in [0.05, 0.1) is 19.3 Å². The van der Waals surface area contributed by atoms with Crippen molar-refractivity contribution in [3.8, 4) is 5.75 Å². The second-order valence-electron chi connectivity index (χ2n) is 12.2. The lowest BCUT2D eigenvalue weighted by molar-refractivity contribution is -0.457. The van der Waals surface area contributed by atoms with Crippen molar-refractivity contribution in [2.24, 2.45) is 17.3 Å². The van der Waals surface area contributed by atoms with Gasteiger partial charge in [-0.25, -0.2) is 0 Å². The third-order valence-corrected chi connectivity index (χ3v) is 9.75. The van der Waals surface area contributed by atoms with Gasteiger partial charge in [-0.05, 0) is 97.8 Å². The molecule has 0 saturated heterocycles. The summed E-state index contributed by atoms with van der Waals surface area (Å²) in [6.07, 6.45) is -12.5. The normalized spacial score (nSPS) is 28.3. The van der Waals surface area contributed by atoms with Crippen LogP contribution in [0.5, 0.6) is 5.75 Å². The number of benzene rings is 1. The van der Waals surface area contributed by atoms with Gasteiger partial charge in [-0.3, -0.25) is 0 Å². The van der Waals surface area contributed by atoms with Gasteiger partial charge >= 0.3 is 24.1 Å². The van der Waals surface area contributed by atoms with Crippen LogP contribution in [0.1, 0.15) is 88.7 Å². The molecule has 0 amide bonds. The number of aryl methyl sites for hydroxylation is 1. The summed E-state index contributed by atoms with van der Waals surface area (Å²) in [6.45, 7) is 3.26. The molecule has 3 aliphatic carbocycles. The van der Waals surface area contributed by atoms with Crippen molar-refractivity contribution >= 4 is 0 Å². The SMILES string of the molecule is CCCCCOc1ccc2c(c1)CC[C@@H]1[C@@H]2CC[C@]2(C)[C@@H](OCCCOC(C(F)(F)F)(C(F)(F)F)C(F)(F)F)CC[C@@H]12. The van der Waals surface area contributed by atoms with Crippen molar-refractivity contribution in [2.45, 2.75) is 114 Å². The number of hydrogen-bond donors (Lipinski definition) is 0. The predicted octanol–water partition coefficient (Wildman–Crippen LogP) is 9.33. The second kappa shape index (κ2) is 12.4. The molecule has 0 heterocycles. The molecular weight excluding hydrogens is 579 g/mol. The van der Waals surface area contributed by atoms with Crippen LogP contribution in [0.3, 0.4) is 0 Å². The smallest absolute Gasteiger partial charge is 0.435 e. The number of hydrogen-bond acceptors (Lipinski definition) is 3. The van der Waals surface area contributed by atoms with E-state index in [1.54, 1.807) is 0 Å². The maximum Gasteiger partial charge on any atom is 0.435 e. The highest BCUT2D eigenvalue weighted by Crippen LogP contribution is 2.62. The molecule has 3 nitrogen and oxygen atoms in total. The van der Waals surface area contributed by atoms with E-state index in [9.17, 15) is 39.5 Å². The van der Waals surface area contributed by atoms with Crippen molar-refractivity contribution in [1.82, 2.24) is 0 Å². The number of rotatable bonds is 11. The van der Waals surface area contributed by atoms with Gasteiger partial charge in [-0.2, -0.15) is 39.5 Å². The first kappa shape index (κ1) is 33.2. The highest BCUT2D eigenvalue weighted by atomic mass is 19.4. The summed E-state index contributed by atoms with van der Waals surface area (Å²) >= 11 is 0. The monoisotopic (exact) mass is 618 g/mol. The van der Waals surface area contributed by atoms with E-state index < -0.39 is 37.2 Å². The maximum absolute atomic E-state index is 13.1. The van der Waals surface area contributed by atoms with Gasteiger partial charge in [0.25, 0.3) is 0 Å². The first-order chi connectivity index (χ1) is 19.6. The largest absolute Gasteiger partial charge is 0.494 e. The molecule has 0 N–H and O–H groups in total. The molecule has 0 spiro atoms. The van der Waals surface area contributed by atoms with Gasteiger partial charge < -0.3 is 14.2 Å². The Kier molecular flexibility index (Phi) is 9.78. The van der Waals surface area contributed by atoms with Gasteiger partial charge in [0.15, 0.2) is 0 Å². The molecule has 0 aliphatic heterocycles. The van der Waals surface area contributed by atoms with Crippen molar-refractivity contribution < 1.29 is 53.7 Å². The lowest BCUT2D eigenvalue weighted by Crippen LogP contribution is -2.67. The highest BCUT2D eigenvalue weighted by molar-refractivity contribution is 5.40. The standard InChI is InChI=1S/C30H39F9O3/c1-3-4-5-15-40-20-8-10-21-19(18-20)7-9-23-22(21)13-14-26(2)24(23)11-12-25(26)41-16-6-17-42-27(28(31,32)33,29(34,35)36)30(37,38)39/h8,10,18,22-25H,3-7,9,11-17H2,1-2H3/t22-,23-,24+,25+,26+/m1/s1. The van der Waals surface area contributed by atoms with E-state index in [-0.39, 0.29) is 18.1 Å². The molecule has 1 aromatic rings. The Morgan fingerprint density at radius 1 is 0.810 bits per heavy atom. The molecule has 3 aliphatic rings. The van der Waals surface area contributed by atoms with Crippen LogP contribution in [0, 0.1) is 17.3 Å². The molecule has 0 radical (unpaired) electrons. The quantitative estimate of drug-likeness (QED) is 0.183. The molecule has 42 heavy (non-hydrogen) atoms. The Bertz CT molecular complexity index is 1020. The lowest BCUT2D eigenvalue weighted by atomic mass is 9.55. The average molecular weight is 619 g/mol. The third-order valence-electron chi connectivity index (χ3n) is 9.75. The van der Waals surface area contributed by atoms with Crippen LogP contribution in [0.4, 0.5) is 39.5 Å². The van der Waals surface area contributed by atoms with Crippen molar-refractivity contribution in [1.29, 1.82) is 0 Å². The van der Waals surface area contributed by atoms with E-state index in [1.165, 1.54) is 11.1 Å². The molecule has 0 aromatic heterocycles. The van der Waals surface area contributed by atoms with Crippen LogP contribution in [-0.4, -0.2) is 50.1 Å². The molecule has 12 heteroatoms. The lowest BCUT2D eigenvalue weighted by Gasteiger charge is -2.50. The minimum absolute atomic E-state index is 0.227. The fourth-order valence-corrected chi connectivity index (χ4v) is 7.65. The minimum Gasteiger partial charge on any atom is -0.494 e. The third kappa shape index (κ3) is 6.13. The van der Waals surface area contributed by atoms with E-state index in [4.69, 9.17) is 9.47 Å². The fraction of sp³-hybridized carbons (Fsp3) is 0.800. The zero-order chi connectivity index (χ0) is 31.0. The molecule has 1 aromatic carbocycles. The topological polar surface area (TPSA) is 27.7 Å². The Morgan fingerprint density at radius 3 is 2.14 bits per heavy atom. The van der Waals surface area contributed by atoms with Crippen LogP contribution in [-0.2, 0) is 15.9 Å².